The molecule has 0 amide bonds. The van der Waals surface area contributed by atoms with Gasteiger partial charge in [0.15, 0.2) is 11.6 Å². The second-order valence-electron chi connectivity index (χ2n) is 2.79. The molecule has 1 aliphatic carbocycles. The van der Waals surface area contributed by atoms with Crippen molar-refractivity contribution in [2.24, 2.45) is 0 Å². The van der Waals surface area contributed by atoms with E-state index in [1.807, 2.05) is 0 Å². The number of hydrogen-bond donors (Lipinski definition) is 0. The Kier molecular flexibility index (Phi) is 2.05. The van der Waals surface area contributed by atoms with Gasteiger partial charge in [-0.2, -0.15) is 0 Å². The molecule has 0 N–H and O–H groups in total. The van der Waals surface area contributed by atoms with Crippen LogP contribution < -0.4 is 4.74 Å². The van der Waals surface area contributed by atoms with E-state index in [-0.39, 0.29) is 17.7 Å². The van der Waals surface area contributed by atoms with Gasteiger partial charge in [-0.15, -0.1) is 0 Å². The second-order valence-corrected chi connectivity index (χ2v) is 3.64. The van der Waals surface area contributed by atoms with Gasteiger partial charge in [-0.3, -0.25) is 0 Å². The molecule has 63 valence electrons. The Bertz CT molecular complexity index is 297. The van der Waals surface area contributed by atoms with Crippen LogP contribution in [0.5, 0.6) is 5.75 Å². The van der Waals surface area contributed by atoms with Crippen molar-refractivity contribution in [2.45, 2.75) is 18.9 Å². The number of rotatable bonds is 2. The zero-order chi connectivity index (χ0) is 8.55. The Morgan fingerprint density at radius 2 is 2.33 bits per heavy atom. The Hall–Kier alpha value is -0.570. The molecule has 0 heterocycles. The highest BCUT2D eigenvalue weighted by molar-refractivity contribution is 9.10. The predicted molar refractivity (Wildman–Crippen MR) is 46.6 cm³/mol. The van der Waals surface area contributed by atoms with Gasteiger partial charge in [-0.25, -0.2) is 4.39 Å². The topological polar surface area (TPSA) is 9.23 Å². The summed E-state index contributed by atoms with van der Waals surface area (Å²) < 4.78 is 18.9. The summed E-state index contributed by atoms with van der Waals surface area (Å²) in [6.45, 7) is 0. The number of halogens is 2. The minimum absolute atomic E-state index is 0.213. The summed E-state index contributed by atoms with van der Waals surface area (Å²) in [5.74, 6) is -0.128. The van der Waals surface area contributed by atoms with Crippen LogP contribution in [0.4, 0.5) is 4.39 Å². The highest BCUT2D eigenvalue weighted by Gasteiger charge is 2.25. The summed E-state index contributed by atoms with van der Waals surface area (Å²) in [5, 5.41) is 0. The quantitative estimate of drug-likeness (QED) is 0.758. The van der Waals surface area contributed by atoms with Gasteiger partial charge in [0.2, 0.25) is 0 Å². The van der Waals surface area contributed by atoms with E-state index in [0.717, 1.165) is 12.8 Å². The van der Waals surface area contributed by atoms with Gasteiger partial charge in [0.25, 0.3) is 0 Å². The minimum Gasteiger partial charge on any atom is -0.487 e. The standard InChI is InChI=1S/C9H7BrFO/c10-7-2-1-3-8(9(7)11)12-6-4-5-6/h1-2,6H,4-5H2. The third-order valence-corrected chi connectivity index (χ3v) is 2.27. The van der Waals surface area contributed by atoms with Crippen LogP contribution in [0.1, 0.15) is 12.8 Å². The maximum Gasteiger partial charge on any atom is 0.179 e. The van der Waals surface area contributed by atoms with Crippen molar-refractivity contribution in [3.05, 3.63) is 28.5 Å². The summed E-state index contributed by atoms with van der Waals surface area (Å²) in [5.41, 5.74) is 0. The number of ether oxygens (including phenoxy) is 1. The van der Waals surface area contributed by atoms with E-state index in [9.17, 15) is 4.39 Å². The highest BCUT2D eigenvalue weighted by Crippen LogP contribution is 2.30. The molecule has 1 aliphatic rings. The normalized spacial score (nSPS) is 16.2. The Labute approximate surface area is 78.7 Å². The lowest BCUT2D eigenvalue weighted by Crippen LogP contribution is -1.98. The van der Waals surface area contributed by atoms with Crippen LogP contribution in [0.25, 0.3) is 0 Å². The molecule has 0 unspecified atom stereocenters. The van der Waals surface area contributed by atoms with Crippen molar-refractivity contribution < 1.29 is 9.13 Å². The smallest absolute Gasteiger partial charge is 0.179 e. The van der Waals surface area contributed by atoms with E-state index in [4.69, 9.17) is 4.74 Å². The van der Waals surface area contributed by atoms with Gasteiger partial charge in [-0.05, 0) is 40.9 Å². The van der Waals surface area contributed by atoms with E-state index in [1.165, 1.54) is 0 Å². The molecule has 0 atom stereocenters. The molecule has 0 bridgehead atoms. The van der Waals surface area contributed by atoms with E-state index >= 15 is 0 Å². The third kappa shape index (κ3) is 1.61. The first-order valence-electron chi connectivity index (χ1n) is 3.79. The Morgan fingerprint density at radius 3 is 3.00 bits per heavy atom. The molecule has 3 heteroatoms. The van der Waals surface area contributed by atoms with Gasteiger partial charge in [0.1, 0.15) is 0 Å². The summed E-state index contributed by atoms with van der Waals surface area (Å²) >= 11 is 3.08. The molecule has 1 nitrogen and oxygen atoms in total. The SMILES string of the molecule is Fc1c(OC2CC2)[c]ccc1Br. The molecule has 0 aliphatic heterocycles. The van der Waals surface area contributed by atoms with Crippen molar-refractivity contribution >= 4 is 15.9 Å². The van der Waals surface area contributed by atoms with Crippen molar-refractivity contribution in [1.82, 2.24) is 0 Å². The lowest BCUT2D eigenvalue weighted by molar-refractivity contribution is 0.286. The van der Waals surface area contributed by atoms with Crippen LogP contribution in [0.2, 0.25) is 0 Å². The van der Waals surface area contributed by atoms with E-state index in [2.05, 4.69) is 22.0 Å². The first kappa shape index (κ1) is 8.05. The molecular formula is C9H7BrFO. The summed E-state index contributed by atoms with van der Waals surface area (Å²) in [4.78, 5) is 0. The molecule has 1 aromatic carbocycles. The first-order valence-corrected chi connectivity index (χ1v) is 4.59. The highest BCUT2D eigenvalue weighted by atomic mass is 79.9. The van der Waals surface area contributed by atoms with E-state index < -0.39 is 0 Å². The molecule has 1 aromatic rings. The van der Waals surface area contributed by atoms with Gasteiger partial charge in [0, 0.05) is 6.07 Å². The zero-order valence-corrected chi connectivity index (χ0v) is 7.90. The van der Waals surface area contributed by atoms with Crippen LogP contribution in [-0.2, 0) is 0 Å². The molecule has 1 fully saturated rings. The van der Waals surface area contributed by atoms with Gasteiger partial charge >= 0.3 is 0 Å². The van der Waals surface area contributed by atoms with Crippen LogP contribution >= 0.6 is 15.9 Å². The maximum absolute atomic E-state index is 13.2. The average Bonchev–Trinajstić information content (AvgIpc) is 2.83. The van der Waals surface area contributed by atoms with Crippen LogP contribution in [0.15, 0.2) is 16.6 Å². The molecule has 1 radical (unpaired) electrons. The average molecular weight is 230 g/mol. The van der Waals surface area contributed by atoms with Gasteiger partial charge < -0.3 is 4.74 Å². The lowest BCUT2D eigenvalue weighted by Gasteiger charge is -2.04. The fourth-order valence-electron chi connectivity index (χ4n) is 0.874. The fourth-order valence-corrected chi connectivity index (χ4v) is 1.19. The molecule has 1 saturated carbocycles. The summed E-state index contributed by atoms with van der Waals surface area (Å²) in [6.07, 6.45) is 2.27. The van der Waals surface area contributed by atoms with Crippen LogP contribution in [0, 0.1) is 11.9 Å². The van der Waals surface area contributed by atoms with Crippen molar-refractivity contribution in [3.63, 3.8) is 0 Å². The van der Waals surface area contributed by atoms with E-state index in [0.29, 0.717) is 4.47 Å². The van der Waals surface area contributed by atoms with Crippen molar-refractivity contribution in [1.29, 1.82) is 0 Å². The van der Waals surface area contributed by atoms with Crippen molar-refractivity contribution in [2.75, 3.05) is 0 Å². The molecule has 0 spiro atoms. The Balaban J connectivity index is 2.23. The largest absolute Gasteiger partial charge is 0.487 e. The minimum atomic E-state index is -0.357. The Morgan fingerprint density at radius 1 is 1.58 bits per heavy atom. The van der Waals surface area contributed by atoms with Gasteiger partial charge in [0.05, 0.1) is 10.6 Å². The molecular weight excluding hydrogens is 223 g/mol. The summed E-state index contributed by atoms with van der Waals surface area (Å²) in [6, 6.07) is 5.97. The molecule has 0 aromatic heterocycles. The number of benzene rings is 1. The predicted octanol–water partition coefficient (Wildman–Crippen LogP) is 2.93. The van der Waals surface area contributed by atoms with Gasteiger partial charge in [-0.1, -0.05) is 0 Å². The zero-order valence-electron chi connectivity index (χ0n) is 6.31. The maximum atomic E-state index is 13.2. The lowest BCUT2D eigenvalue weighted by atomic mass is 10.3. The molecule has 0 saturated heterocycles. The van der Waals surface area contributed by atoms with E-state index in [1.54, 1.807) is 12.1 Å². The van der Waals surface area contributed by atoms with Crippen LogP contribution in [0.3, 0.4) is 0 Å². The fraction of sp³-hybridized carbons (Fsp3) is 0.333. The van der Waals surface area contributed by atoms with Crippen LogP contribution in [-0.4, -0.2) is 6.10 Å². The second kappa shape index (κ2) is 3.05. The molecule has 2 rings (SSSR count). The molecule has 12 heavy (non-hydrogen) atoms. The van der Waals surface area contributed by atoms with Crippen molar-refractivity contribution in [3.8, 4) is 5.75 Å². The monoisotopic (exact) mass is 229 g/mol. The summed E-state index contributed by atoms with van der Waals surface area (Å²) in [7, 11) is 0. The third-order valence-electron chi connectivity index (χ3n) is 1.66. The first-order chi connectivity index (χ1) is 5.77. The number of hydrogen-bond acceptors (Lipinski definition) is 1.